The molecule has 0 heterocycles. The molecule has 1 unspecified atom stereocenters. The Labute approximate surface area is 469 Å². The highest BCUT2D eigenvalue weighted by Gasteiger charge is 2.19. The zero-order valence-electron chi connectivity index (χ0n) is 49.5. The molecule has 0 amide bonds. The fraction of sp³-hybridized carbons (Fsp3) is 0.671. The van der Waals surface area contributed by atoms with Gasteiger partial charge in [-0.3, -0.25) is 14.4 Å². The van der Waals surface area contributed by atoms with Crippen LogP contribution in [0.2, 0.25) is 0 Å². The van der Waals surface area contributed by atoms with E-state index in [1.807, 2.05) is 0 Å². The Balaban J connectivity index is 4.41. The van der Waals surface area contributed by atoms with Gasteiger partial charge >= 0.3 is 17.9 Å². The Kier molecular flexibility index (Phi) is 59.9. The van der Waals surface area contributed by atoms with Gasteiger partial charge in [-0.05, 0) is 128 Å². The van der Waals surface area contributed by atoms with E-state index in [0.717, 1.165) is 141 Å². The van der Waals surface area contributed by atoms with Crippen LogP contribution in [0.4, 0.5) is 0 Å². The van der Waals surface area contributed by atoms with Gasteiger partial charge in [0.05, 0.1) is 0 Å². The van der Waals surface area contributed by atoms with Gasteiger partial charge in [0.2, 0.25) is 0 Å². The molecular weight excluding hydrogens is 937 g/mol. The molecule has 0 aromatic rings. The Morgan fingerprint density at radius 1 is 0.276 bits per heavy atom. The van der Waals surface area contributed by atoms with Crippen LogP contribution >= 0.6 is 0 Å². The fourth-order valence-electron chi connectivity index (χ4n) is 8.51. The van der Waals surface area contributed by atoms with Gasteiger partial charge in [-0.25, -0.2) is 0 Å². The summed E-state index contributed by atoms with van der Waals surface area (Å²) in [5, 5.41) is 0. The zero-order valence-corrected chi connectivity index (χ0v) is 49.5. The van der Waals surface area contributed by atoms with Crippen molar-refractivity contribution in [3.05, 3.63) is 122 Å². The van der Waals surface area contributed by atoms with Crippen molar-refractivity contribution in [2.75, 3.05) is 13.2 Å². The molecule has 0 fully saturated rings. The lowest BCUT2D eigenvalue weighted by atomic mass is 10.1. The van der Waals surface area contributed by atoms with Gasteiger partial charge in [-0.15, -0.1) is 0 Å². The minimum Gasteiger partial charge on any atom is -0.462 e. The number of unbranched alkanes of at least 4 members (excludes halogenated alkanes) is 25. The second kappa shape index (κ2) is 63.3. The van der Waals surface area contributed by atoms with Crippen LogP contribution in [-0.4, -0.2) is 37.2 Å². The Morgan fingerprint density at radius 3 is 0.816 bits per heavy atom. The maximum atomic E-state index is 12.9. The Morgan fingerprint density at radius 2 is 0.513 bits per heavy atom. The predicted molar refractivity (Wildman–Crippen MR) is 330 cm³/mol. The summed E-state index contributed by atoms with van der Waals surface area (Å²) in [6.45, 7) is 6.39. The first-order valence-electron chi connectivity index (χ1n) is 31.5. The molecule has 0 bridgehead atoms. The molecule has 0 aromatic heterocycles. The highest BCUT2D eigenvalue weighted by atomic mass is 16.6. The summed E-state index contributed by atoms with van der Waals surface area (Å²) in [6, 6.07) is 0. The lowest BCUT2D eigenvalue weighted by Gasteiger charge is -2.18. The van der Waals surface area contributed by atoms with Gasteiger partial charge in [0, 0.05) is 19.3 Å². The maximum Gasteiger partial charge on any atom is 0.306 e. The molecule has 432 valence electrons. The SMILES string of the molecule is CC/C=C\C/C=C\C/C=C\C/C=C\C/C=C\CCCCCCCCCCCC(=O)OCC(COC(=O)CCCCCCC/C=C\CCCCCCCCC)OC(=O)CCCCCC/C=C\C/C=C\C/C=C\C/C=C\CC. The van der Waals surface area contributed by atoms with Crippen LogP contribution in [0.25, 0.3) is 0 Å². The highest BCUT2D eigenvalue weighted by molar-refractivity contribution is 5.71. The molecule has 0 aliphatic heterocycles. The van der Waals surface area contributed by atoms with E-state index in [-0.39, 0.29) is 31.1 Å². The van der Waals surface area contributed by atoms with Crippen LogP contribution in [0.3, 0.4) is 0 Å². The predicted octanol–water partition coefficient (Wildman–Crippen LogP) is 21.6. The molecule has 1 atom stereocenters. The first kappa shape index (κ1) is 71.8. The van der Waals surface area contributed by atoms with Crippen molar-refractivity contribution in [3.8, 4) is 0 Å². The van der Waals surface area contributed by atoms with Crippen LogP contribution in [0.15, 0.2) is 122 Å². The van der Waals surface area contributed by atoms with Crippen molar-refractivity contribution in [3.63, 3.8) is 0 Å². The second-order valence-electron chi connectivity index (χ2n) is 20.5. The molecule has 0 aromatic carbocycles. The number of rotatable bonds is 56. The van der Waals surface area contributed by atoms with Crippen LogP contribution in [0.5, 0.6) is 0 Å². The number of hydrogen-bond acceptors (Lipinski definition) is 6. The third-order valence-corrected chi connectivity index (χ3v) is 13.2. The molecule has 0 saturated heterocycles. The molecule has 0 aliphatic carbocycles. The first-order chi connectivity index (χ1) is 37.5. The Bertz CT molecular complexity index is 1590. The molecule has 0 radical (unpaired) electrons. The van der Waals surface area contributed by atoms with Gasteiger partial charge in [0.1, 0.15) is 13.2 Å². The average Bonchev–Trinajstić information content (AvgIpc) is 3.42. The van der Waals surface area contributed by atoms with E-state index in [4.69, 9.17) is 14.2 Å². The molecule has 0 spiro atoms. The highest BCUT2D eigenvalue weighted by Crippen LogP contribution is 2.15. The molecule has 0 aliphatic rings. The van der Waals surface area contributed by atoms with Gasteiger partial charge < -0.3 is 14.2 Å². The lowest BCUT2D eigenvalue weighted by Crippen LogP contribution is -2.30. The number of allylic oxidation sites excluding steroid dienone is 20. The summed E-state index contributed by atoms with van der Waals surface area (Å²) >= 11 is 0. The van der Waals surface area contributed by atoms with Gasteiger partial charge in [0.25, 0.3) is 0 Å². The van der Waals surface area contributed by atoms with E-state index in [9.17, 15) is 14.4 Å². The van der Waals surface area contributed by atoms with E-state index in [0.29, 0.717) is 19.3 Å². The summed E-state index contributed by atoms with van der Waals surface area (Å²) in [5.74, 6) is -0.930. The second-order valence-corrected chi connectivity index (χ2v) is 20.5. The van der Waals surface area contributed by atoms with Crippen LogP contribution < -0.4 is 0 Å². The number of carbonyl (C=O) groups is 3. The third-order valence-electron chi connectivity index (χ3n) is 13.2. The summed E-state index contributed by atoms with van der Waals surface area (Å²) < 4.78 is 16.9. The van der Waals surface area contributed by atoms with Crippen LogP contribution in [-0.2, 0) is 28.6 Å². The minimum absolute atomic E-state index is 0.0959. The molecule has 0 N–H and O–H groups in total. The fourth-order valence-corrected chi connectivity index (χ4v) is 8.51. The van der Waals surface area contributed by atoms with Crippen molar-refractivity contribution in [2.24, 2.45) is 0 Å². The zero-order chi connectivity index (χ0) is 55.0. The lowest BCUT2D eigenvalue weighted by molar-refractivity contribution is -0.167. The van der Waals surface area contributed by atoms with E-state index in [1.165, 1.54) is 103 Å². The van der Waals surface area contributed by atoms with Crippen molar-refractivity contribution < 1.29 is 28.6 Å². The van der Waals surface area contributed by atoms with E-state index >= 15 is 0 Å². The standard InChI is InChI=1S/C70H116O6/c1-4-7-10-13-16-19-22-25-28-31-32-33-34-35-36-37-38-40-42-45-48-51-54-57-60-63-69(72)75-66-67(65-74-68(71)62-59-56-53-50-47-44-41-30-27-24-21-18-15-12-9-6-3)76-70(73)64-61-58-55-52-49-46-43-39-29-26-23-20-17-14-11-8-5-2/h7-8,10-11,16-17,19-20,25-26,28-30,32-33,35-36,41,43,46,67H,4-6,9,12-15,18,21-24,27,31,34,37-40,42,44-45,47-66H2,1-3H3/b10-7-,11-8-,19-16-,20-17-,28-25-,29-26-,33-32-,36-35-,41-30-,46-43-. The van der Waals surface area contributed by atoms with Gasteiger partial charge in [-0.2, -0.15) is 0 Å². The average molecular weight is 1050 g/mol. The van der Waals surface area contributed by atoms with Gasteiger partial charge in [-0.1, -0.05) is 258 Å². The third kappa shape index (κ3) is 60.7. The van der Waals surface area contributed by atoms with E-state index < -0.39 is 6.10 Å². The Hall–Kier alpha value is -4.19. The maximum absolute atomic E-state index is 12.9. The number of esters is 3. The quantitative estimate of drug-likeness (QED) is 0.0261. The summed E-state index contributed by atoms with van der Waals surface area (Å²) in [4.78, 5) is 38.3. The van der Waals surface area contributed by atoms with Crippen molar-refractivity contribution >= 4 is 17.9 Å². The topological polar surface area (TPSA) is 78.9 Å². The molecule has 6 nitrogen and oxygen atoms in total. The van der Waals surface area contributed by atoms with Crippen molar-refractivity contribution in [1.29, 1.82) is 0 Å². The molecule has 0 rings (SSSR count). The smallest absolute Gasteiger partial charge is 0.306 e. The first-order valence-corrected chi connectivity index (χ1v) is 31.5. The monoisotopic (exact) mass is 1050 g/mol. The van der Waals surface area contributed by atoms with Crippen molar-refractivity contribution in [1.82, 2.24) is 0 Å². The number of ether oxygens (including phenoxy) is 3. The minimum atomic E-state index is -0.801. The summed E-state index contributed by atoms with van der Waals surface area (Å²) in [5.41, 5.74) is 0. The summed E-state index contributed by atoms with van der Waals surface area (Å²) in [7, 11) is 0. The van der Waals surface area contributed by atoms with E-state index in [2.05, 4.69) is 142 Å². The molecule has 6 heteroatoms. The van der Waals surface area contributed by atoms with Crippen LogP contribution in [0.1, 0.15) is 284 Å². The van der Waals surface area contributed by atoms with E-state index in [1.54, 1.807) is 0 Å². The molecular formula is C70H116O6. The van der Waals surface area contributed by atoms with Gasteiger partial charge in [0.15, 0.2) is 6.10 Å². The molecule has 0 saturated carbocycles. The number of hydrogen-bond donors (Lipinski definition) is 0. The normalized spacial score (nSPS) is 12.9. The number of carbonyl (C=O) groups excluding carboxylic acids is 3. The molecule has 76 heavy (non-hydrogen) atoms. The van der Waals surface area contributed by atoms with Crippen LogP contribution in [0, 0.1) is 0 Å². The summed E-state index contributed by atoms with van der Waals surface area (Å²) in [6.07, 6.45) is 87.7. The van der Waals surface area contributed by atoms with Crippen molar-refractivity contribution in [2.45, 2.75) is 290 Å². The largest absolute Gasteiger partial charge is 0.462 e.